The van der Waals surface area contributed by atoms with Crippen molar-refractivity contribution in [2.24, 2.45) is 5.92 Å². The number of carbonyl (C=O) groups excluding carboxylic acids is 4. The number of nitrogens with zero attached hydrogens (tertiary/aromatic N) is 2. The van der Waals surface area contributed by atoms with Gasteiger partial charge >= 0.3 is 6.03 Å². The minimum Gasteiger partial charge on any atom is -0.387 e. The van der Waals surface area contributed by atoms with Crippen LogP contribution in [0.2, 0.25) is 0 Å². The van der Waals surface area contributed by atoms with Gasteiger partial charge in [-0.1, -0.05) is 38.8 Å². The molecule has 0 radical (unpaired) electrons. The molecule has 1 aromatic rings. The molecule has 4 rings (SSSR count). The number of imide groups is 2. The summed E-state index contributed by atoms with van der Waals surface area (Å²) in [6.07, 6.45) is 1.98. The molecule has 10 nitrogen and oxygen atoms in total. The zero-order valence-corrected chi connectivity index (χ0v) is 20.2. The summed E-state index contributed by atoms with van der Waals surface area (Å²) in [5.74, 6) is -1.10. The highest BCUT2D eigenvalue weighted by atomic mass is 16.5. The van der Waals surface area contributed by atoms with Gasteiger partial charge in [0.2, 0.25) is 5.91 Å². The van der Waals surface area contributed by atoms with Gasteiger partial charge in [-0.3, -0.25) is 29.9 Å². The van der Waals surface area contributed by atoms with Crippen LogP contribution in [0.4, 0.5) is 4.79 Å². The van der Waals surface area contributed by atoms with E-state index in [1.165, 1.54) is 9.80 Å². The summed E-state index contributed by atoms with van der Waals surface area (Å²) in [5.41, 5.74) is 0.947. The lowest BCUT2D eigenvalue weighted by Gasteiger charge is -2.36. The molecule has 3 heterocycles. The predicted octanol–water partition coefficient (Wildman–Crippen LogP) is 1.48. The van der Waals surface area contributed by atoms with Crippen LogP contribution in [0.5, 0.6) is 0 Å². The summed E-state index contributed by atoms with van der Waals surface area (Å²) in [6.45, 7) is 4.84. The van der Waals surface area contributed by atoms with Crippen molar-refractivity contribution in [2.45, 2.75) is 70.4 Å². The van der Waals surface area contributed by atoms with Crippen molar-refractivity contribution in [2.75, 3.05) is 19.7 Å². The van der Waals surface area contributed by atoms with Crippen molar-refractivity contribution in [3.63, 3.8) is 0 Å². The third-order valence-corrected chi connectivity index (χ3v) is 7.09. The van der Waals surface area contributed by atoms with Crippen LogP contribution >= 0.6 is 0 Å². The standard InChI is InChI=1S/C25H34N4O6/c1-3-18-20(19(30)21(26-18)29-14-15(2)22(31)27-25(29)34)35-13-9-5-4-8-12-28-23(32)16-10-6-7-11-17(16)24(28)33/h6-7,10-11,15,18-21,26,30H,3-5,8-9,12-14H2,1-2H3,(H,27,31,34)/t15?,18-,19+,20?,21+/m1/s1. The van der Waals surface area contributed by atoms with Crippen molar-refractivity contribution in [3.8, 4) is 0 Å². The number of aliphatic hydroxyl groups excluding tert-OH is 1. The number of fused-ring (bicyclic) bond motifs is 1. The first kappa shape index (κ1) is 25.3. The van der Waals surface area contributed by atoms with Crippen molar-refractivity contribution >= 4 is 23.8 Å². The van der Waals surface area contributed by atoms with E-state index in [2.05, 4.69) is 10.6 Å². The first-order chi connectivity index (χ1) is 16.8. The Hall–Kier alpha value is -2.82. The lowest BCUT2D eigenvalue weighted by atomic mass is 10.1. The molecule has 3 aliphatic heterocycles. The quantitative estimate of drug-likeness (QED) is 0.338. The molecule has 0 bridgehead atoms. The van der Waals surface area contributed by atoms with Gasteiger partial charge in [-0.05, 0) is 31.4 Å². The second-order valence-electron chi connectivity index (χ2n) is 9.52. The number of aliphatic hydroxyl groups is 1. The molecular formula is C25H34N4O6. The Morgan fingerprint density at radius 3 is 2.34 bits per heavy atom. The molecule has 35 heavy (non-hydrogen) atoms. The molecule has 0 saturated carbocycles. The number of carbonyl (C=O) groups is 4. The number of amides is 5. The fourth-order valence-corrected chi connectivity index (χ4v) is 5.06. The summed E-state index contributed by atoms with van der Waals surface area (Å²) >= 11 is 0. The monoisotopic (exact) mass is 486 g/mol. The fourth-order valence-electron chi connectivity index (χ4n) is 5.06. The van der Waals surface area contributed by atoms with E-state index in [4.69, 9.17) is 4.74 Å². The van der Waals surface area contributed by atoms with Gasteiger partial charge in [-0.25, -0.2) is 4.79 Å². The van der Waals surface area contributed by atoms with E-state index in [0.29, 0.717) is 24.3 Å². The topological polar surface area (TPSA) is 128 Å². The zero-order chi connectivity index (χ0) is 25.1. The van der Waals surface area contributed by atoms with Crippen LogP contribution in [0.3, 0.4) is 0 Å². The Morgan fingerprint density at radius 2 is 1.69 bits per heavy atom. The van der Waals surface area contributed by atoms with Crippen LogP contribution in [-0.2, 0) is 9.53 Å². The van der Waals surface area contributed by atoms with Crippen molar-refractivity contribution < 1.29 is 29.0 Å². The van der Waals surface area contributed by atoms with E-state index >= 15 is 0 Å². The second-order valence-corrected chi connectivity index (χ2v) is 9.52. The molecule has 0 aromatic heterocycles. The van der Waals surface area contributed by atoms with E-state index in [-0.39, 0.29) is 36.2 Å². The Bertz CT molecular complexity index is 949. The smallest absolute Gasteiger partial charge is 0.325 e. The van der Waals surface area contributed by atoms with Gasteiger partial charge in [0.25, 0.3) is 11.8 Å². The number of nitrogens with one attached hydrogen (secondary N) is 2. The largest absolute Gasteiger partial charge is 0.387 e. The van der Waals surface area contributed by atoms with Crippen LogP contribution in [0.1, 0.15) is 66.7 Å². The highest BCUT2D eigenvalue weighted by Crippen LogP contribution is 2.26. The molecule has 5 amide bonds. The molecule has 1 aromatic carbocycles. The molecule has 190 valence electrons. The van der Waals surface area contributed by atoms with E-state index < -0.39 is 24.4 Å². The molecule has 0 spiro atoms. The summed E-state index contributed by atoms with van der Waals surface area (Å²) < 4.78 is 6.02. The average molecular weight is 487 g/mol. The van der Waals surface area contributed by atoms with E-state index in [9.17, 15) is 24.3 Å². The number of urea groups is 1. The Balaban J connectivity index is 1.18. The van der Waals surface area contributed by atoms with Gasteiger partial charge in [-0.2, -0.15) is 0 Å². The number of unbranched alkanes of at least 4 members (excludes halogenated alkanes) is 3. The van der Waals surface area contributed by atoms with Crippen molar-refractivity contribution in [3.05, 3.63) is 35.4 Å². The zero-order valence-electron chi connectivity index (χ0n) is 20.2. The third-order valence-electron chi connectivity index (χ3n) is 7.09. The molecule has 0 aliphatic carbocycles. The van der Waals surface area contributed by atoms with Crippen LogP contribution in [0.25, 0.3) is 0 Å². The molecule has 2 unspecified atom stereocenters. The second kappa shape index (κ2) is 10.8. The van der Waals surface area contributed by atoms with Gasteiger partial charge < -0.3 is 14.7 Å². The van der Waals surface area contributed by atoms with Gasteiger partial charge in [0.1, 0.15) is 18.4 Å². The first-order valence-corrected chi connectivity index (χ1v) is 12.5. The Labute approximate surface area is 205 Å². The lowest BCUT2D eigenvalue weighted by molar-refractivity contribution is -0.126. The Morgan fingerprint density at radius 1 is 1.03 bits per heavy atom. The van der Waals surface area contributed by atoms with Gasteiger partial charge in [0, 0.05) is 25.7 Å². The third kappa shape index (κ3) is 5.10. The van der Waals surface area contributed by atoms with Crippen LogP contribution in [0, 0.1) is 5.92 Å². The molecular weight excluding hydrogens is 452 g/mol. The predicted molar refractivity (Wildman–Crippen MR) is 126 cm³/mol. The summed E-state index contributed by atoms with van der Waals surface area (Å²) in [4.78, 5) is 51.7. The highest BCUT2D eigenvalue weighted by Gasteiger charge is 2.47. The Kier molecular flexibility index (Phi) is 7.83. The maximum absolute atomic E-state index is 12.4. The van der Waals surface area contributed by atoms with Gasteiger partial charge in [0.05, 0.1) is 17.0 Å². The van der Waals surface area contributed by atoms with E-state index in [1.807, 2.05) is 6.92 Å². The molecule has 3 N–H and O–H groups in total. The van der Waals surface area contributed by atoms with E-state index in [0.717, 1.165) is 32.1 Å². The average Bonchev–Trinajstić information content (AvgIpc) is 3.29. The summed E-state index contributed by atoms with van der Waals surface area (Å²) in [5, 5.41) is 16.5. The maximum atomic E-state index is 12.4. The maximum Gasteiger partial charge on any atom is 0.325 e. The van der Waals surface area contributed by atoms with E-state index in [1.54, 1.807) is 31.2 Å². The number of benzene rings is 1. The summed E-state index contributed by atoms with van der Waals surface area (Å²) in [7, 11) is 0. The fraction of sp³-hybridized carbons (Fsp3) is 0.600. The lowest BCUT2D eigenvalue weighted by Crippen LogP contribution is -2.62. The summed E-state index contributed by atoms with van der Waals surface area (Å²) in [6, 6.07) is 6.29. The molecule has 3 aliphatic rings. The molecule has 2 fully saturated rings. The van der Waals surface area contributed by atoms with Crippen LogP contribution in [-0.4, -0.2) is 82.8 Å². The minimum absolute atomic E-state index is 0.107. The molecule has 10 heteroatoms. The normalized spacial score (nSPS) is 28.6. The van der Waals surface area contributed by atoms with Crippen LogP contribution < -0.4 is 10.6 Å². The van der Waals surface area contributed by atoms with Crippen LogP contribution in [0.15, 0.2) is 24.3 Å². The number of hydrogen-bond acceptors (Lipinski definition) is 7. The number of rotatable bonds is 10. The molecule has 2 saturated heterocycles. The highest BCUT2D eigenvalue weighted by molar-refractivity contribution is 6.21. The van der Waals surface area contributed by atoms with Crippen molar-refractivity contribution in [1.82, 2.24) is 20.4 Å². The first-order valence-electron chi connectivity index (χ1n) is 12.5. The number of hydrogen-bond donors (Lipinski definition) is 3. The minimum atomic E-state index is -0.903. The van der Waals surface area contributed by atoms with Gasteiger partial charge in [0.15, 0.2) is 0 Å². The molecule has 5 atom stereocenters. The van der Waals surface area contributed by atoms with Crippen molar-refractivity contribution in [1.29, 1.82) is 0 Å². The van der Waals surface area contributed by atoms with Gasteiger partial charge in [-0.15, -0.1) is 0 Å². The number of ether oxygens (including phenoxy) is 1. The SMILES string of the molecule is CC[C@H]1N[C@@H](N2CC(C)C(=O)NC2=O)[C@@H](O)C1OCCCCCCN1C(=O)c2ccccc2C1=O.